The van der Waals surface area contributed by atoms with Crippen LogP contribution in [-0.2, 0) is 19.6 Å². The van der Waals surface area contributed by atoms with Gasteiger partial charge in [-0.05, 0) is 34.9 Å². The first-order chi connectivity index (χ1) is 13.6. The molecule has 1 fully saturated rings. The Morgan fingerprint density at radius 2 is 1.82 bits per heavy atom. The smallest absolute Gasteiger partial charge is 0.298 e. The van der Waals surface area contributed by atoms with E-state index in [2.05, 4.69) is 26.8 Å². The summed E-state index contributed by atoms with van der Waals surface area (Å²) in [6.45, 7) is 5.72. The molecule has 0 radical (unpaired) electrons. The number of aromatic nitrogens is 3. The molecular formula is C21H22N4O2S. The Bertz CT molecular complexity index is 1110. The van der Waals surface area contributed by atoms with Gasteiger partial charge in [-0.2, -0.15) is 16.4 Å². The van der Waals surface area contributed by atoms with Crippen molar-refractivity contribution in [3.8, 4) is 0 Å². The molecule has 0 unspecified atom stereocenters. The van der Waals surface area contributed by atoms with E-state index in [1.54, 1.807) is 15.9 Å². The molecule has 2 atom stereocenters. The second-order valence-corrected chi connectivity index (χ2v) is 8.69. The van der Waals surface area contributed by atoms with Gasteiger partial charge in [0.25, 0.3) is 0 Å². The maximum atomic E-state index is 12.7. The molecule has 0 saturated carbocycles. The normalized spacial score (nSPS) is 21.0. The number of hydrogen-bond acceptors (Lipinski definition) is 5. The van der Waals surface area contributed by atoms with E-state index in [0.29, 0.717) is 19.0 Å². The molecule has 0 bridgehead atoms. The summed E-state index contributed by atoms with van der Waals surface area (Å²) in [5, 5.41) is 8.94. The van der Waals surface area contributed by atoms with Gasteiger partial charge in [0.2, 0.25) is 0 Å². The second-order valence-electron chi connectivity index (χ2n) is 7.91. The summed E-state index contributed by atoms with van der Waals surface area (Å²) in [5.41, 5.74) is 2.51. The highest BCUT2D eigenvalue weighted by Crippen LogP contribution is 2.37. The van der Waals surface area contributed by atoms with Crippen LogP contribution in [0.3, 0.4) is 0 Å². The molecule has 4 heterocycles. The van der Waals surface area contributed by atoms with Gasteiger partial charge in [0.1, 0.15) is 5.82 Å². The Kier molecular flexibility index (Phi) is 4.29. The van der Waals surface area contributed by atoms with E-state index in [4.69, 9.17) is 0 Å². The number of rotatable bonds is 4. The summed E-state index contributed by atoms with van der Waals surface area (Å²) in [6, 6.07) is 10.1. The highest BCUT2D eigenvalue weighted by atomic mass is 32.1. The third-order valence-electron chi connectivity index (χ3n) is 5.87. The monoisotopic (exact) mass is 394 g/mol. The van der Waals surface area contributed by atoms with Crippen LogP contribution in [0.1, 0.15) is 28.4 Å². The van der Waals surface area contributed by atoms with Gasteiger partial charge in [0.05, 0.1) is 6.54 Å². The van der Waals surface area contributed by atoms with E-state index in [0.717, 1.165) is 36.6 Å². The van der Waals surface area contributed by atoms with Gasteiger partial charge < -0.3 is 0 Å². The fraction of sp³-hybridized carbons (Fsp3) is 0.381. The maximum Gasteiger partial charge on any atom is 0.332 e. The van der Waals surface area contributed by atoms with Crippen molar-refractivity contribution in [2.75, 3.05) is 13.1 Å². The lowest BCUT2D eigenvalue weighted by Gasteiger charge is -2.17. The van der Waals surface area contributed by atoms with Crippen molar-refractivity contribution in [1.29, 1.82) is 0 Å². The van der Waals surface area contributed by atoms with Crippen LogP contribution in [0.4, 0.5) is 0 Å². The van der Waals surface area contributed by atoms with Gasteiger partial charge in [0.15, 0.2) is 0 Å². The molecule has 1 saturated heterocycles. The lowest BCUT2D eigenvalue weighted by atomic mass is 10.00. The molecule has 2 aliphatic heterocycles. The Labute approximate surface area is 166 Å². The van der Waals surface area contributed by atoms with Crippen LogP contribution in [0.2, 0.25) is 0 Å². The zero-order chi connectivity index (χ0) is 19.3. The zero-order valence-electron chi connectivity index (χ0n) is 15.7. The van der Waals surface area contributed by atoms with Gasteiger partial charge in [-0.3, -0.25) is 19.1 Å². The molecule has 2 aliphatic rings. The van der Waals surface area contributed by atoms with Crippen LogP contribution < -0.4 is 11.1 Å². The fourth-order valence-electron chi connectivity index (χ4n) is 4.42. The van der Waals surface area contributed by atoms with E-state index in [1.807, 2.05) is 31.2 Å². The van der Waals surface area contributed by atoms with E-state index in [1.165, 1.54) is 10.2 Å². The summed E-state index contributed by atoms with van der Waals surface area (Å²) in [5.74, 6) is 1.35. The third-order valence-corrected chi connectivity index (χ3v) is 6.60. The standard InChI is InChI=1S/C21H22N4O2S/c1-14-2-4-15(5-3-14)9-25-21(27)20(26)24-11-17-10-23(8-16-6-7-28-13-16)12-18(17)19(24)22-25/h2-7,13,17-18H,8-12H2,1H3/t17-,18-/m1/s1. The Hall–Kier alpha value is -2.51. The Balaban J connectivity index is 1.43. The van der Waals surface area contributed by atoms with E-state index < -0.39 is 11.1 Å². The van der Waals surface area contributed by atoms with Crippen LogP contribution >= 0.6 is 11.3 Å². The van der Waals surface area contributed by atoms with E-state index >= 15 is 0 Å². The highest BCUT2D eigenvalue weighted by molar-refractivity contribution is 7.07. The van der Waals surface area contributed by atoms with Crippen molar-refractivity contribution in [3.05, 3.63) is 84.3 Å². The number of likely N-dealkylation sites (tertiary alicyclic amines) is 1. The molecule has 0 aliphatic carbocycles. The molecule has 6 nitrogen and oxygen atoms in total. The molecule has 2 aromatic heterocycles. The number of fused-ring (bicyclic) bond motifs is 3. The van der Waals surface area contributed by atoms with Crippen molar-refractivity contribution < 1.29 is 0 Å². The topological polar surface area (TPSA) is 60.1 Å². The van der Waals surface area contributed by atoms with Crippen molar-refractivity contribution in [2.24, 2.45) is 5.92 Å². The largest absolute Gasteiger partial charge is 0.332 e. The van der Waals surface area contributed by atoms with Crippen LogP contribution in [0.5, 0.6) is 0 Å². The van der Waals surface area contributed by atoms with Crippen molar-refractivity contribution in [2.45, 2.75) is 32.5 Å². The van der Waals surface area contributed by atoms with Gasteiger partial charge in [-0.25, -0.2) is 4.68 Å². The molecule has 1 aromatic carbocycles. The molecule has 5 rings (SSSR count). The van der Waals surface area contributed by atoms with Crippen molar-refractivity contribution in [3.63, 3.8) is 0 Å². The minimum Gasteiger partial charge on any atom is -0.298 e. The lowest BCUT2D eigenvalue weighted by molar-refractivity contribution is 0.304. The Morgan fingerprint density at radius 3 is 2.57 bits per heavy atom. The van der Waals surface area contributed by atoms with Crippen LogP contribution in [0.15, 0.2) is 50.7 Å². The molecular weight excluding hydrogens is 372 g/mol. The number of nitrogens with zero attached hydrogens (tertiary/aromatic N) is 4. The lowest BCUT2D eigenvalue weighted by Crippen LogP contribution is -2.44. The first-order valence-corrected chi connectivity index (χ1v) is 10.5. The molecule has 7 heteroatoms. The highest BCUT2D eigenvalue weighted by Gasteiger charge is 2.42. The van der Waals surface area contributed by atoms with E-state index in [-0.39, 0.29) is 5.92 Å². The number of aryl methyl sites for hydroxylation is 1. The minimum absolute atomic E-state index is 0.219. The van der Waals surface area contributed by atoms with Gasteiger partial charge >= 0.3 is 11.1 Å². The first kappa shape index (κ1) is 17.6. The number of thiophene rings is 1. The molecule has 0 spiro atoms. The maximum absolute atomic E-state index is 12.7. The molecule has 28 heavy (non-hydrogen) atoms. The molecule has 0 amide bonds. The third kappa shape index (κ3) is 3.04. The predicted molar refractivity (Wildman–Crippen MR) is 109 cm³/mol. The summed E-state index contributed by atoms with van der Waals surface area (Å²) in [4.78, 5) is 27.7. The first-order valence-electron chi connectivity index (χ1n) is 9.59. The minimum atomic E-state index is -0.528. The van der Waals surface area contributed by atoms with Crippen molar-refractivity contribution in [1.82, 2.24) is 19.2 Å². The summed E-state index contributed by atoms with van der Waals surface area (Å²) < 4.78 is 2.97. The Morgan fingerprint density at radius 1 is 1.00 bits per heavy atom. The molecule has 3 aromatic rings. The summed E-state index contributed by atoms with van der Waals surface area (Å²) in [7, 11) is 0. The van der Waals surface area contributed by atoms with Gasteiger partial charge in [-0.1, -0.05) is 29.8 Å². The van der Waals surface area contributed by atoms with Crippen LogP contribution in [-0.4, -0.2) is 32.3 Å². The average molecular weight is 395 g/mol. The number of benzene rings is 1. The fourth-order valence-corrected chi connectivity index (χ4v) is 5.08. The summed E-state index contributed by atoms with van der Waals surface area (Å²) >= 11 is 1.72. The zero-order valence-corrected chi connectivity index (χ0v) is 16.6. The predicted octanol–water partition coefficient (Wildman–Crippen LogP) is 2.05. The number of hydrogen-bond donors (Lipinski definition) is 0. The summed E-state index contributed by atoms with van der Waals surface area (Å²) in [6.07, 6.45) is 0. The SMILES string of the molecule is Cc1ccc(Cn2nc3n(c(=O)c2=O)C[C@H]2CN(Cc4ccsc4)C[C@@H]32)cc1. The van der Waals surface area contributed by atoms with Gasteiger partial charge in [0, 0.05) is 38.0 Å². The quantitative estimate of drug-likeness (QED) is 0.636. The molecule has 0 N–H and O–H groups in total. The van der Waals surface area contributed by atoms with E-state index in [9.17, 15) is 9.59 Å². The molecule has 144 valence electrons. The second kappa shape index (κ2) is 6.83. The van der Waals surface area contributed by atoms with Crippen LogP contribution in [0.25, 0.3) is 0 Å². The van der Waals surface area contributed by atoms with Gasteiger partial charge in [-0.15, -0.1) is 0 Å². The average Bonchev–Trinajstić information content (AvgIpc) is 3.39. The van der Waals surface area contributed by atoms with Crippen molar-refractivity contribution >= 4 is 11.3 Å². The van der Waals surface area contributed by atoms with Crippen LogP contribution in [0, 0.1) is 12.8 Å².